The van der Waals surface area contributed by atoms with Crippen LogP contribution in [0.4, 0.5) is 0 Å². The maximum atomic E-state index is 10.9. The molecule has 0 aliphatic carbocycles. The molecular formula is C8H13NO. The summed E-state index contributed by atoms with van der Waals surface area (Å²) in [6, 6.07) is 0.319. The van der Waals surface area contributed by atoms with Gasteiger partial charge in [0, 0.05) is 11.6 Å². The van der Waals surface area contributed by atoms with Gasteiger partial charge in [0.2, 0.25) is 5.91 Å². The number of hydrogen-bond donors (Lipinski definition) is 1. The normalized spacial score (nSPS) is 25.7. The number of nitrogens with one attached hydrogen (secondary N) is 1. The predicted octanol–water partition coefficient (Wildman–Crippen LogP) is 1.09. The summed E-state index contributed by atoms with van der Waals surface area (Å²) in [6.07, 6.45) is 0.816. The van der Waals surface area contributed by atoms with Crippen molar-refractivity contribution < 1.29 is 4.79 Å². The minimum absolute atomic E-state index is 0.0266. The lowest BCUT2D eigenvalue weighted by Gasteiger charge is -2.12. The molecule has 1 heterocycles. The molecule has 1 aliphatic rings. The van der Waals surface area contributed by atoms with Crippen LogP contribution in [-0.2, 0) is 4.79 Å². The highest BCUT2D eigenvalue weighted by Gasteiger charge is 2.26. The molecule has 0 aromatic carbocycles. The molecule has 1 rings (SSSR count). The van der Waals surface area contributed by atoms with Crippen molar-refractivity contribution in [3.8, 4) is 0 Å². The minimum atomic E-state index is 0.0266. The van der Waals surface area contributed by atoms with Gasteiger partial charge in [-0.1, -0.05) is 20.4 Å². The zero-order valence-corrected chi connectivity index (χ0v) is 6.48. The van der Waals surface area contributed by atoms with Crippen LogP contribution in [0.5, 0.6) is 0 Å². The lowest BCUT2D eigenvalue weighted by atomic mass is 10.0. The van der Waals surface area contributed by atoms with Gasteiger partial charge in [-0.3, -0.25) is 4.79 Å². The van der Waals surface area contributed by atoms with Gasteiger partial charge in [0.25, 0.3) is 0 Å². The van der Waals surface area contributed by atoms with Gasteiger partial charge in [-0.25, -0.2) is 0 Å². The Morgan fingerprint density at radius 2 is 2.30 bits per heavy atom. The van der Waals surface area contributed by atoms with Crippen molar-refractivity contribution in [3.05, 3.63) is 12.2 Å². The van der Waals surface area contributed by atoms with Crippen LogP contribution in [0.15, 0.2) is 12.2 Å². The molecule has 0 radical (unpaired) electrons. The first-order valence-corrected chi connectivity index (χ1v) is 3.60. The smallest absolute Gasteiger partial charge is 0.246 e. The minimum Gasteiger partial charge on any atom is -0.349 e. The zero-order chi connectivity index (χ0) is 7.72. The Kier molecular flexibility index (Phi) is 1.79. The summed E-state index contributed by atoms with van der Waals surface area (Å²) in [4.78, 5) is 10.9. The van der Waals surface area contributed by atoms with Crippen LogP contribution in [0.1, 0.15) is 20.3 Å². The van der Waals surface area contributed by atoms with Crippen molar-refractivity contribution >= 4 is 5.91 Å². The van der Waals surface area contributed by atoms with Crippen molar-refractivity contribution in [2.45, 2.75) is 26.3 Å². The maximum Gasteiger partial charge on any atom is 0.246 e. The summed E-state index contributed by atoms with van der Waals surface area (Å²) in [6.45, 7) is 7.86. The molecule has 1 amide bonds. The largest absolute Gasteiger partial charge is 0.349 e. The fraction of sp³-hybridized carbons (Fsp3) is 0.625. The number of carbonyl (C=O) groups is 1. The van der Waals surface area contributed by atoms with Crippen LogP contribution < -0.4 is 5.32 Å². The van der Waals surface area contributed by atoms with Gasteiger partial charge >= 0.3 is 0 Å². The molecule has 1 atom stereocenters. The van der Waals surface area contributed by atoms with E-state index in [1.807, 2.05) is 0 Å². The van der Waals surface area contributed by atoms with E-state index in [4.69, 9.17) is 0 Å². The molecule has 2 heteroatoms. The molecule has 1 unspecified atom stereocenters. The Hall–Kier alpha value is -0.790. The Balaban J connectivity index is 2.57. The fourth-order valence-corrected chi connectivity index (χ4v) is 1.08. The lowest BCUT2D eigenvalue weighted by molar-refractivity contribution is -0.116. The van der Waals surface area contributed by atoms with Gasteiger partial charge in [0.15, 0.2) is 0 Å². The average molecular weight is 139 g/mol. The standard InChI is InChI=1S/C8H13NO/c1-5(2)7-4-6(3)8(10)9-7/h5,7H,3-4H2,1-2H3,(H,9,10). The van der Waals surface area contributed by atoms with Crippen LogP contribution in [0.3, 0.4) is 0 Å². The van der Waals surface area contributed by atoms with Gasteiger partial charge in [-0.05, 0) is 12.3 Å². The molecule has 0 saturated carbocycles. The van der Waals surface area contributed by atoms with Gasteiger partial charge in [0.1, 0.15) is 0 Å². The van der Waals surface area contributed by atoms with Crippen LogP contribution in [0, 0.1) is 5.92 Å². The van der Waals surface area contributed by atoms with E-state index in [2.05, 4.69) is 25.7 Å². The van der Waals surface area contributed by atoms with Crippen LogP contribution in [0.25, 0.3) is 0 Å². The van der Waals surface area contributed by atoms with Crippen molar-refractivity contribution in [2.75, 3.05) is 0 Å². The van der Waals surface area contributed by atoms with E-state index in [1.54, 1.807) is 0 Å². The first-order chi connectivity index (χ1) is 4.61. The topological polar surface area (TPSA) is 29.1 Å². The van der Waals surface area contributed by atoms with Crippen LogP contribution >= 0.6 is 0 Å². The lowest BCUT2D eigenvalue weighted by Crippen LogP contribution is -2.29. The Morgan fingerprint density at radius 1 is 1.70 bits per heavy atom. The summed E-state index contributed by atoms with van der Waals surface area (Å²) in [5.74, 6) is 0.543. The Bertz CT molecular complexity index is 156. The second kappa shape index (κ2) is 2.45. The second-order valence-electron chi connectivity index (χ2n) is 3.13. The molecule has 0 bridgehead atoms. The fourth-order valence-electron chi connectivity index (χ4n) is 1.08. The number of rotatable bonds is 1. The third kappa shape index (κ3) is 1.20. The van der Waals surface area contributed by atoms with Crippen molar-refractivity contribution in [3.63, 3.8) is 0 Å². The van der Waals surface area contributed by atoms with E-state index in [9.17, 15) is 4.79 Å². The summed E-state index contributed by atoms with van der Waals surface area (Å²) >= 11 is 0. The average Bonchev–Trinajstić information content (AvgIpc) is 2.13. The molecular weight excluding hydrogens is 126 g/mol. The van der Waals surface area contributed by atoms with Crippen molar-refractivity contribution in [1.29, 1.82) is 0 Å². The van der Waals surface area contributed by atoms with E-state index < -0.39 is 0 Å². The molecule has 0 spiro atoms. The zero-order valence-electron chi connectivity index (χ0n) is 6.48. The third-order valence-corrected chi connectivity index (χ3v) is 1.91. The number of amides is 1. The van der Waals surface area contributed by atoms with Gasteiger partial charge < -0.3 is 5.32 Å². The second-order valence-corrected chi connectivity index (χ2v) is 3.13. The van der Waals surface area contributed by atoms with E-state index in [-0.39, 0.29) is 5.91 Å². The van der Waals surface area contributed by atoms with E-state index in [0.29, 0.717) is 12.0 Å². The molecule has 1 N–H and O–H groups in total. The highest BCUT2D eigenvalue weighted by Crippen LogP contribution is 2.17. The van der Waals surface area contributed by atoms with E-state index in [0.717, 1.165) is 12.0 Å². The maximum absolute atomic E-state index is 10.9. The van der Waals surface area contributed by atoms with Crippen LogP contribution in [0.2, 0.25) is 0 Å². The van der Waals surface area contributed by atoms with Gasteiger partial charge in [-0.15, -0.1) is 0 Å². The quantitative estimate of drug-likeness (QED) is 0.541. The molecule has 1 saturated heterocycles. The highest BCUT2D eigenvalue weighted by molar-refractivity contribution is 5.95. The summed E-state index contributed by atoms with van der Waals surface area (Å²) in [5.41, 5.74) is 0.721. The summed E-state index contributed by atoms with van der Waals surface area (Å²) < 4.78 is 0. The Morgan fingerprint density at radius 3 is 2.50 bits per heavy atom. The molecule has 1 fully saturated rings. The highest BCUT2D eigenvalue weighted by atomic mass is 16.2. The molecule has 0 aromatic rings. The molecule has 2 nitrogen and oxygen atoms in total. The molecule has 1 aliphatic heterocycles. The number of hydrogen-bond acceptors (Lipinski definition) is 1. The Labute approximate surface area is 61.3 Å². The summed E-state index contributed by atoms with van der Waals surface area (Å²) in [7, 11) is 0. The molecule has 56 valence electrons. The van der Waals surface area contributed by atoms with Gasteiger partial charge in [-0.2, -0.15) is 0 Å². The molecule has 0 aromatic heterocycles. The third-order valence-electron chi connectivity index (χ3n) is 1.91. The van der Waals surface area contributed by atoms with Crippen molar-refractivity contribution in [1.82, 2.24) is 5.32 Å². The number of carbonyl (C=O) groups excluding carboxylic acids is 1. The van der Waals surface area contributed by atoms with E-state index >= 15 is 0 Å². The van der Waals surface area contributed by atoms with Crippen molar-refractivity contribution in [2.24, 2.45) is 5.92 Å². The van der Waals surface area contributed by atoms with Crippen LogP contribution in [-0.4, -0.2) is 11.9 Å². The predicted molar refractivity (Wildman–Crippen MR) is 40.5 cm³/mol. The van der Waals surface area contributed by atoms with E-state index in [1.165, 1.54) is 0 Å². The first-order valence-electron chi connectivity index (χ1n) is 3.60. The summed E-state index contributed by atoms with van der Waals surface area (Å²) in [5, 5.41) is 2.86. The first kappa shape index (κ1) is 7.32. The monoisotopic (exact) mass is 139 g/mol. The molecule has 10 heavy (non-hydrogen) atoms. The SMILES string of the molecule is C=C1CC(C(C)C)NC1=O. The van der Waals surface area contributed by atoms with Gasteiger partial charge in [0.05, 0.1) is 0 Å².